The van der Waals surface area contributed by atoms with E-state index < -0.39 is 6.36 Å². The summed E-state index contributed by atoms with van der Waals surface area (Å²) < 4.78 is 40.5. The molecule has 1 N–H and O–H groups in total. The van der Waals surface area contributed by atoms with Gasteiger partial charge in [0.15, 0.2) is 5.65 Å². The number of benzene rings is 1. The van der Waals surface area contributed by atoms with E-state index in [0.29, 0.717) is 42.8 Å². The second-order valence-corrected chi connectivity index (χ2v) is 6.92. The molecular formula is C20H18F3N5O2. The molecule has 30 heavy (non-hydrogen) atoms. The van der Waals surface area contributed by atoms with Crippen LogP contribution < -0.4 is 15.0 Å². The smallest absolute Gasteiger partial charge is 0.406 e. The topological polar surface area (TPSA) is 80.2 Å². The summed E-state index contributed by atoms with van der Waals surface area (Å²) in [6, 6.07) is 7.04. The first-order chi connectivity index (χ1) is 14.4. The molecule has 0 aliphatic carbocycles. The highest BCUT2D eigenvalue weighted by Crippen LogP contribution is 2.27. The minimum atomic E-state index is -4.74. The van der Waals surface area contributed by atoms with Gasteiger partial charge in [0, 0.05) is 37.1 Å². The number of hydrogen-bond donors (Lipinski definition) is 1. The van der Waals surface area contributed by atoms with Gasteiger partial charge in [0.1, 0.15) is 11.3 Å². The van der Waals surface area contributed by atoms with Crippen LogP contribution >= 0.6 is 0 Å². The van der Waals surface area contributed by atoms with Gasteiger partial charge in [-0.15, -0.1) is 13.2 Å². The average Bonchev–Trinajstić information content (AvgIpc) is 2.74. The second-order valence-electron chi connectivity index (χ2n) is 6.92. The standard InChI is InChI=1S/C20H18F3N5O2/c21-20(22,23)30-16-3-1-14(2-4-16)27-19(29)13-5-9-28(10-6-13)15-11-17-18(26-12-15)25-8-7-24-17/h1-4,7-8,11-13H,5-6,9-10H2,(H,27,29). The summed E-state index contributed by atoms with van der Waals surface area (Å²) in [7, 11) is 0. The Bertz CT molecular complexity index is 1030. The van der Waals surface area contributed by atoms with Gasteiger partial charge in [-0.2, -0.15) is 0 Å². The van der Waals surface area contributed by atoms with Crippen molar-refractivity contribution in [1.82, 2.24) is 15.0 Å². The molecule has 10 heteroatoms. The van der Waals surface area contributed by atoms with Crippen LogP contribution in [0.1, 0.15) is 12.8 Å². The van der Waals surface area contributed by atoms with E-state index in [2.05, 4.69) is 29.9 Å². The average molecular weight is 417 g/mol. The summed E-state index contributed by atoms with van der Waals surface area (Å²) >= 11 is 0. The third-order valence-corrected chi connectivity index (χ3v) is 4.90. The summed E-state index contributed by atoms with van der Waals surface area (Å²) in [5, 5.41) is 2.76. The molecular weight excluding hydrogens is 399 g/mol. The highest BCUT2D eigenvalue weighted by Gasteiger charge is 2.31. The predicted molar refractivity (Wildman–Crippen MR) is 104 cm³/mol. The Morgan fingerprint density at radius 3 is 2.47 bits per heavy atom. The first kappa shape index (κ1) is 19.9. The number of amides is 1. The molecule has 0 unspecified atom stereocenters. The zero-order chi connectivity index (χ0) is 21.1. The van der Waals surface area contributed by atoms with Gasteiger partial charge in [0.2, 0.25) is 5.91 Å². The Morgan fingerprint density at radius 1 is 1.07 bits per heavy atom. The lowest BCUT2D eigenvalue weighted by Crippen LogP contribution is -2.38. The van der Waals surface area contributed by atoms with Crippen molar-refractivity contribution >= 4 is 28.4 Å². The number of fused-ring (bicyclic) bond motifs is 1. The van der Waals surface area contributed by atoms with Crippen molar-refractivity contribution in [1.29, 1.82) is 0 Å². The van der Waals surface area contributed by atoms with Crippen molar-refractivity contribution in [2.24, 2.45) is 5.92 Å². The second kappa shape index (κ2) is 8.13. The van der Waals surface area contributed by atoms with E-state index in [0.717, 1.165) is 5.69 Å². The molecule has 2 aromatic heterocycles. The summed E-state index contributed by atoms with van der Waals surface area (Å²) in [4.78, 5) is 27.4. The van der Waals surface area contributed by atoms with Crippen LogP contribution in [0.3, 0.4) is 0 Å². The molecule has 1 fully saturated rings. The van der Waals surface area contributed by atoms with Crippen molar-refractivity contribution in [2.75, 3.05) is 23.3 Å². The normalized spacial score (nSPS) is 15.2. The maximum absolute atomic E-state index is 12.5. The van der Waals surface area contributed by atoms with Gasteiger partial charge in [-0.3, -0.25) is 9.78 Å². The van der Waals surface area contributed by atoms with Crippen LogP contribution in [-0.4, -0.2) is 40.3 Å². The van der Waals surface area contributed by atoms with Crippen molar-refractivity contribution in [3.8, 4) is 5.75 Å². The SMILES string of the molecule is O=C(Nc1ccc(OC(F)(F)F)cc1)C1CCN(c2cnc3nccnc3c2)CC1. The van der Waals surface area contributed by atoms with Crippen molar-refractivity contribution in [3.63, 3.8) is 0 Å². The fourth-order valence-corrected chi connectivity index (χ4v) is 3.40. The number of piperidine rings is 1. The molecule has 0 spiro atoms. The molecule has 1 aliphatic heterocycles. The van der Waals surface area contributed by atoms with Crippen molar-refractivity contribution < 1.29 is 22.7 Å². The van der Waals surface area contributed by atoms with Gasteiger partial charge < -0.3 is 15.0 Å². The Labute approximate surface area is 169 Å². The van der Waals surface area contributed by atoms with E-state index >= 15 is 0 Å². The number of rotatable bonds is 4. The third-order valence-electron chi connectivity index (χ3n) is 4.90. The fraction of sp³-hybridized carbons (Fsp3) is 0.300. The molecule has 156 valence electrons. The molecule has 0 bridgehead atoms. The lowest BCUT2D eigenvalue weighted by atomic mass is 9.95. The lowest BCUT2D eigenvalue weighted by molar-refractivity contribution is -0.274. The molecule has 0 saturated carbocycles. The van der Waals surface area contributed by atoms with Gasteiger partial charge >= 0.3 is 6.36 Å². The summed E-state index contributed by atoms with van der Waals surface area (Å²) in [5.74, 6) is -0.662. The number of hydrogen-bond acceptors (Lipinski definition) is 6. The van der Waals surface area contributed by atoms with Crippen molar-refractivity contribution in [3.05, 3.63) is 48.9 Å². The molecule has 4 rings (SSSR count). The molecule has 3 aromatic rings. The third kappa shape index (κ3) is 4.76. The largest absolute Gasteiger partial charge is 0.573 e. The van der Waals surface area contributed by atoms with Gasteiger partial charge in [0.25, 0.3) is 0 Å². The van der Waals surface area contributed by atoms with E-state index in [1.807, 2.05) is 6.07 Å². The highest BCUT2D eigenvalue weighted by molar-refractivity contribution is 5.92. The summed E-state index contributed by atoms with van der Waals surface area (Å²) in [6.07, 6.45) is 1.52. The van der Waals surface area contributed by atoms with E-state index in [1.54, 1.807) is 18.6 Å². The molecule has 0 radical (unpaired) electrons. The number of carbonyl (C=O) groups is 1. The highest BCUT2D eigenvalue weighted by atomic mass is 19.4. The summed E-state index contributed by atoms with van der Waals surface area (Å²) in [6.45, 7) is 1.37. The minimum Gasteiger partial charge on any atom is -0.406 e. The number of halogens is 3. The maximum Gasteiger partial charge on any atom is 0.573 e. The van der Waals surface area contributed by atoms with Crippen LogP contribution in [0.2, 0.25) is 0 Å². The molecule has 3 heterocycles. The quantitative estimate of drug-likeness (QED) is 0.696. The van der Waals surface area contributed by atoms with Gasteiger partial charge in [0.05, 0.1) is 11.9 Å². The van der Waals surface area contributed by atoms with Crippen LogP contribution in [0.4, 0.5) is 24.5 Å². The monoisotopic (exact) mass is 417 g/mol. The molecule has 1 amide bonds. The molecule has 1 aliphatic rings. The number of nitrogens with one attached hydrogen (secondary N) is 1. The Kier molecular flexibility index (Phi) is 5.39. The zero-order valence-corrected chi connectivity index (χ0v) is 15.8. The van der Waals surface area contributed by atoms with Gasteiger partial charge in [-0.05, 0) is 43.2 Å². The number of aromatic nitrogens is 3. The predicted octanol–water partition coefficient (Wildman–Crippen LogP) is 3.78. The van der Waals surface area contributed by atoms with Gasteiger partial charge in [-0.25, -0.2) is 9.97 Å². The molecule has 1 aromatic carbocycles. The number of alkyl halides is 3. The first-order valence-corrected chi connectivity index (χ1v) is 9.36. The van der Waals surface area contributed by atoms with E-state index in [9.17, 15) is 18.0 Å². The van der Waals surface area contributed by atoms with Gasteiger partial charge in [-0.1, -0.05) is 0 Å². The van der Waals surface area contributed by atoms with Crippen molar-refractivity contribution in [2.45, 2.75) is 19.2 Å². The van der Waals surface area contributed by atoms with Crippen LogP contribution in [0.15, 0.2) is 48.9 Å². The number of ether oxygens (including phenoxy) is 1. The van der Waals surface area contributed by atoms with Crippen LogP contribution in [0, 0.1) is 5.92 Å². The lowest BCUT2D eigenvalue weighted by Gasteiger charge is -2.32. The fourth-order valence-electron chi connectivity index (χ4n) is 3.40. The zero-order valence-electron chi connectivity index (χ0n) is 15.8. The molecule has 1 saturated heterocycles. The Hall–Kier alpha value is -3.43. The summed E-state index contributed by atoms with van der Waals surface area (Å²) in [5.41, 5.74) is 2.66. The van der Waals surface area contributed by atoms with E-state index in [-0.39, 0.29) is 17.6 Å². The Morgan fingerprint density at radius 2 is 1.77 bits per heavy atom. The maximum atomic E-state index is 12.5. The number of carbonyl (C=O) groups excluding carboxylic acids is 1. The molecule has 7 nitrogen and oxygen atoms in total. The van der Waals surface area contributed by atoms with Crippen LogP contribution in [0.5, 0.6) is 5.75 Å². The first-order valence-electron chi connectivity index (χ1n) is 9.36. The molecule has 0 atom stereocenters. The number of anilines is 2. The number of pyridine rings is 1. The Balaban J connectivity index is 1.32. The van der Waals surface area contributed by atoms with E-state index in [1.165, 1.54) is 24.3 Å². The van der Waals surface area contributed by atoms with Crippen LogP contribution in [-0.2, 0) is 4.79 Å². The van der Waals surface area contributed by atoms with Crippen LogP contribution in [0.25, 0.3) is 11.2 Å². The number of nitrogens with zero attached hydrogens (tertiary/aromatic N) is 4. The minimum absolute atomic E-state index is 0.151. The van der Waals surface area contributed by atoms with E-state index in [4.69, 9.17) is 0 Å².